The van der Waals surface area contributed by atoms with Crippen molar-refractivity contribution in [1.29, 1.82) is 0 Å². The molecule has 3 aromatic carbocycles. The predicted molar refractivity (Wildman–Crippen MR) is 146 cm³/mol. The van der Waals surface area contributed by atoms with Crippen LogP contribution in [-0.2, 0) is 21.5 Å². The highest BCUT2D eigenvalue weighted by Crippen LogP contribution is 2.33. The third-order valence-corrected chi connectivity index (χ3v) is 6.35. The molecule has 0 saturated carbocycles. The number of carbonyl (C=O) groups is 2. The molecule has 0 aliphatic carbocycles. The summed E-state index contributed by atoms with van der Waals surface area (Å²) >= 11 is 0. The van der Waals surface area contributed by atoms with Crippen LogP contribution in [0.2, 0.25) is 0 Å². The number of ether oxygens (including phenoxy) is 1. The Balaban J connectivity index is 1.84. The fourth-order valence-electron chi connectivity index (χ4n) is 4.17. The Morgan fingerprint density at radius 2 is 1.65 bits per heavy atom. The lowest BCUT2D eigenvalue weighted by molar-refractivity contribution is -0.140. The highest BCUT2D eigenvalue weighted by atomic mass is 16.5. The van der Waals surface area contributed by atoms with Crippen molar-refractivity contribution in [3.63, 3.8) is 0 Å². The van der Waals surface area contributed by atoms with E-state index in [2.05, 4.69) is 4.98 Å². The number of hydrogen-bond donors (Lipinski definition) is 3. The number of aromatic hydroxyl groups is 1. The zero-order valence-corrected chi connectivity index (χ0v) is 21.5. The molecule has 4 rings (SSSR count). The number of fused-ring (bicyclic) bond motifs is 1. The van der Waals surface area contributed by atoms with E-state index >= 15 is 0 Å². The van der Waals surface area contributed by atoms with Crippen molar-refractivity contribution in [2.24, 2.45) is 10.7 Å². The molecule has 1 heterocycles. The Morgan fingerprint density at radius 1 is 1.00 bits per heavy atom. The van der Waals surface area contributed by atoms with Crippen molar-refractivity contribution in [2.75, 3.05) is 7.11 Å². The van der Waals surface area contributed by atoms with Crippen molar-refractivity contribution < 1.29 is 19.4 Å². The topological polar surface area (TPSA) is 118 Å². The summed E-state index contributed by atoms with van der Waals surface area (Å²) in [5.74, 6) is -0.369. The van der Waals surface area contributed by atoms with Gasteiger partial charge in [-0.15, -0.1) is 0 Å². The molecule has 0 saturated heterocycles. The van der Waals surface area contributed by atoms with Crippen LogP contribution in [0.1, 0.15) is 59.8 Å². The summed E-state index contributed by atoms with van der Waals surface area (Å²) in [6.45, 7) is 5.39. The number of esters is 1. The number of benzene rings is 3. The number of aryl methyl sites for hydroxylation is 1. The lowest BCUT2D eigenvalue weighted by Gasteiger charge is -2.19. The number of aromatic amines is 1. The van der Waals surface area contributed by atoms with E-state index in [4.69, 9.17) is 15.5 Å². The molecule has 0 amide bonds. The van der Waals surface area contributed by atoms with E-state index in [1.165, 1.54) is 14.0 Å². The summed E-state index contributed by atoms with van der Waals surface area (Å²) in [5, 5.41) is 11.7. The van der Waals surface area contributed by atoms with E-state index in [-0.39, 0.29) is 24.1 Å². The number of aliphatic imine (C=N–C) groups is 1. The highest BCUT2D eigenvalue weighted by molar-refractivity contribution is 6.22. The van der Waals surface area contributed by atoms with Gasteiger partial charge in [-0.25, -0.2) is 4.99 Å². The van der Waals surface area contributed by atoms with E-state index in [1.807, 2.05) is 62.4 Å². The lowest BCUT2D eigenvalue weighted by atomic mass is 9.95. The van der Waals surface area contributed by atoms with E-state index in [0.717, 1.165) is 16.7 Å². The van der Waals surface area contributed by atoms with Crippen LogP contribution in [0.25, 0.3) is 10.9 Å². The van der Waals surface area contributed by atoms with Gasteiger partial charge in [-0.3, -0.25) is 9.59 Å². The molecule has 0 aliphatic rings. The molecule has 7 heteroatoms. The van der Waals surface area contributed by atoms with Crippen molar-refractivity contribution in [1.82, 2.24) is 4.98 Å². The molecule has 4 N–H and O–H groups in total. The molecule has 0 fully saturated rings. The summed E-state index contributed by atoms with van der Waals surface area (Å²) in [4.78, 5) is 31.5. The molecular weight excluding hydrogens is 466 g/mol. The average molecular weight is 498 g/mol. The molecule has 7 nitrogen and oxygen atoms in total. The first kappa shape index (κ1) is 25.9. The summed E-state index contributed by atoms with van der Waals surface area (Å²) in [6, 6.07) is 20.6. The number of ketones is 1. The SMILES string of the molecule is COC(=O)CCc1ccc(C(=Nc2ccc(C(C)(C)N)cc2)c2c(O)[nH]c3ccc(C(C)=O)cc23)cc1. The van der Waals surface area contributed by atoms with Crippen LogP contribution in [0.5, 0.6) is 5.88 Å². The van der Waals surface area contributed by atoms with Crippen LogP contribution in [0, 0.1) is 0 Å². The van der Waals surface area contributed by atoms with Crippen LogP contribution < -0.4 is 5.73 Å². The van der Waals surface area contributed by atoms with Crippen LogP contribution in [0.15, 0.2) is 71.7 Å². The minimum atomic E-state index is -0.483. The van der Waals surface area contributed by atoms with Crippen LogP contribution in [0.4, 0.5) is 5.69 Å². The van der Waals surface area contributed by atoms with Gasteiger partial charge in [0.2, 0.25) is 0 Å². The van der Waals surface area contributed by atoms with Gasteiger partial charge in [-0.05, 0) is 68.7 Å². The smallest absolute Gasteiger partial charge is 0.305 e. The molecule has 1 aromatic heterocycles. The number of nitrogens with zero attached hydrogens (tertiary/aromatic N) is 1. The molecule has 0 unspecified atom stereocenters. The number of aromatic nitrogens is 1. The molecule has 4 aromatic rings. The summed E-state index contributed by atoms with van der Waals surface area (Å²) in [7, 11) is 1.38. The largest absolute Gasteiger partial charge is 0.494 e. The van der Waals surface area contributed by atoms with E-state index < -0.39 is 5.54 Å². The van der Waals surface area contributed by atoms with E-state index in [9.17, 15) is 14.7 Å². The maximum atomic E-state index is 12.1. The average Bonchev–Trinajstić information content (AvgIpc) is 3.20. The molecule has 0 spiro atoms. The minimum absolute atomic E-state index is 0.0380. The molecule has 0 atom stereocenters. The van der Waals surface area contributed by atoms with E-state index in [1.54, 1.807) is 18.2 Å². The molecule has 0 radical (unpaired) electrons. The van der Waals surface area contributed by atoms with Gasteiger partial charge in [-0.2, -0.15) is 0 Å². The first-order valence-electron chi connectivity index (χ1n) is 12.1. The quantitative estimate of drug-likeness (QED) is 0.168. The zero-order chi connectivity index (χ0) is 26.7. The van der Waals surface area contributed by atoms with Gasteiger partial charge in [0.05, 0.1) is 24.1 Å². The Kier molecular flexibility index (Phi) is 7.27. The molecule has 0 bridgehead atoms. The van der Waals surface area contributed by atoms with Crippen molar-refractivity contribution in [3.8, 4) is 5.88 Å². The van der Waals surface area contributed by atoms with Gasteiger partial charge in [0.25, 0.3) is 0 Å². The van der Waals surface area contributed by atoms with Crippen LogP contribution >= 0.6 is 0 Å². The van der Waals surface area contributed by atoms with Gasteiger partial charge >= 0.3 is 5.97 Å². The number of H-pyrrole nitrogens is 1. The van der Waals surface area contributed by atoms with Gasteiger partial charge in [0.1, 0.15) is 0 Å². The Morgan fingerprint density at radius 3 is 2.24 bits per heavy atom. The molecule has 37 heavy (non-hydrogen) atoms. The second kappa shape index (κ2) is 10.4. The maximum Gasteiger partial charge on any atom is 0.305 e. The molecule has 0 aliphatic heterocycles. The maximum absolute atomic E-state index is 12.1. The van der Waals surface area contributed by atoms with Crippen molar-refractivity contribution in [3.05, 3.63) is 94.5 Å². The lowest BCUT2D eigenvalue weighted by Crippen LogP contribution is -2.28. The van der Waals surface area contributed by atoms with Gasteiger partial charge < -0.3 is 20.6 Å². The van der Waals surface area contributed by atoms with Crippen molar-refractivity contribution in [2.45, 2.75) is 39.2 Å². The number of methoxy groups -OCH3 is 1. The predicted octanol–water partition coefficient (Wildman–Crippen LogP) is 5.54. The fourth-order valence-corrected chi connectivity index (χ4v) is 4.17. The second-order valence-corrected chi connectivity index (χ2v) is 9.67. The first-order chi connectivity index (χ1) is 17.6. The number of nitrogens with one attached hydrogen (secondary N) is 1. The second-order valence-electron chi connectivity index (χ2n) is 9.67. The third-order valence-electron chi connectivity index (χ3n) is 6.35. The van der Waals surface area contributed by atoms with Crippen molar-refractivity contribution >= 4 is 34.1 Å². The fraction of sp³-hybridized carbons (Fsp3) is 0.233. The van der Waals surface area contributed by atoms with Gasteiger partial charge in [0, 0.05) is 34.0 Å². The zero-order valence-electron chi connectivity index (χ0n) is 21.5. The van der Waals surface area contributed by atoms with E-state index in [0.29, 0.717) is 39.8 Å². The number of hydrogen-bond acceptors (Lipinski definition) is 6. The standard InChI is InChI=1S/C30H31N3O4/c1-18(34)21-10-15-25-24(17-21)27(29(36)33-25)28(32-23-13-11-22(12-14-23)30(2,3)31)20-8-5-19(6-9-20)7-16-26(35)37-4/h5-6,8-15,17,33,36H,7,16,31H2,1-4H3. The summed E-state index contributed by atoms with van der Waals surface area (Å²) in [5.41, 5.74) is 11.5. The van der Waals surface area contributed by atoms with Gasteiger partial charge in [0.15, 0.2) is 11.7 Å². The molecular formula is C30H31N3O4. The Labute approximate surface area is 216 Å². The first-order valence-corrected chi connectivity index (χ1v) is 12.1. The Bertz CT molecular complexity index is 1470. The number of Topliss-reactive ketones (excluding diaryl/α,β-unsaturated/α-hetero) is 1. The normalized spacial score (nSPS) is 12.1. The number of nitrogens with two attached hydrogens (primary N) is 1. The molecule has 190 valence electrons. The third kappa shape index (κ3) is 5.78. The highest BCUT2D eigenvalue weighted by Gasteiger charge is 2.20. The Hall–Kier alpha value is -4.23. The number of rotatable bonds is 8. The van der Waals surface area contributed by atoms with Crippen LogP contribution in [-0.4, -0.2) is 34.7 Å². The van der Waals surface area contributed by atoms with Crippen LogP contribution in [0.3, 0.4) is 0 Å². The summed E-state index contributed by atoms with van der Waals surface area (Å²) in [6.07, 6.45) is 0.841. The van der Waals surface area contributed by atoms with Gasteiger partial charge in [-0.1, -0.05) is 36.4 Å². The number of carbonyl (C=O) groups excluding carboxylic acids is 2. The summed E-state index contributed by atoms with van der Waals surface area (Å²) < 4.78 is 4.74. The monoisotopic (exact) mass is 497 g/mol. The minimum Gasteiger partial charge on any atom is -0.494 e.